The molecule has 0 aliphatic carbocycles. The number of hydrogen-bond acceptors (Lipinski definition) is 6. The van der Waals surface area contributed by atoms with Gasteiger partial charge < -0.3 is 9.57 Å². The highest BCUT2D eigenvalue weighted by molar-refractivity contribution is 5.94. The summed E-state index contributed by atoms with van der Waals surface area (Å²) in [7, 11) is 2.54. The van der Waals surface area contributed by atoms with Gasteiger partial charge in [0, 0.05) is 6.07 Å². The average molecular weight is 238 g/mol. The Hall–Kier alpha value is -2.44. The zero-order valence-corrected chi connectivity index (χ0v) is 9.25. The molecule has 0 aliphatic heterocycles. The molecule has 0 amide bonds. The third-order valence-electron chi connectivity index (χ3n) is 1.94. The Bertz CT molecular complexity index is 470. The monoisotopic (exact) mass is 238 g/mol. The molecule has 0 bridgehead atoms. The predicted octanol–water partition coefficient (Wildman–Crippen LogP) is 1.36. The third kappa shape index (κ3) is 3.00. The SMILES string of the molecule is CO/N=C/c1cc(C(=O)OC)ccc1[N+](=O)[O-]. The molecule has 0 aromatic heterocycles. The van der Waals surface area contributed by atoms with E-state index in [0.29, 0.717) is 0 Å². The number of nitro groups is 1. The fourth-order valence-electron chi connectivity index (χ4n) is 1.18. The first-order chi connectivity index (χ1) is 8.10. The second kappa shape index (κ2) is 5.59. The van der Waals surface area contributed by atoms with E-state index < -0.39 is 10.9 Å². The van der Waals surface area contributed by atoms with Gasteiger partial charge in [0.2, 0.25) is 0 Å². The number of esters is 1. The van der Waals surface area contributed by atoms with Crippen molar-refractivity contribution in [3.63, 3.8) is 0 Å². The molecule has 0 N–H and O–H groups in total. The van der Waals surface area contributed by atoms with Crippen molar-refractivity contribution in [2.45, 2.75) is 0 Å². The minimum atomic E-state index is -0.577. The van der Waals surface area contributed by atoms with E-state index in [1.54, 1.807) is 0 Å². The maximum Gasteiger partial charge on any atom is 0.337 e. The van der Waals surface area contributed by atoms with Crippen LogP contribution in [-0.4, -0.2) is 31.3 Å². The molecule has 0 aliphatic rings. The molecule has 1 aromatic rings. The second-order valence-electron chi connectivity index (χ2n) is 2.94. The molecule has 0 radical (unpaired) electrons. The summed E-state index contributed by atoms with van der Waals surface area (Å²) in [6, 6.07) is 3.84. The Morgan fingerprint density at radius 1 is 1.47 bits per heavy atom. The largest absolute Gasteiger partial charge is 0.465 e. The summed E-state index contributed by atoms with van der Waals surface area (Å²) in [5.41, 5.74) is 0.203. The van der Waals surface area contributed by atoms with Gasteiger partial charge in [0.15, 0.2) is 0 Å². The van der Waals surface area contributed by atoms with Crippen LogP contribution in [0.3, 0.4) is 0 Å². The quantitative estimate of drug-likeness (QED) is 0.342. The first kappa shape index (κ1) is 12.6. The van der Waals surface area contributed by atoms with Crippen LogP contribution in [0.15, 0.2) is 23.4 Å². The van der Waals surface area contributed by atoms with Crippen LogP contribution in [0, 0.1) is 10.1 Å². The second-order valence-corrected chi connectivity index (χ2v) is 2.94. The van der Waals surface area contributed by atoms with E-state index in [4.69, 9.17) is 0 Å². The normalized spacial score (nSPS) is 10.2. The maximum absolute atomic E-state index is 11.3. The van der Waals surface area contributed by atoms with E-state index in [9.17, 15) is 14.9 Å². The van der Waals surface area contributed by atoms with Crippen LogP contribution < -0.4 is 0 Å². The van der Waals surface area contributed by atoms with Crippen molar-refractivity contribution in [3.05, 3.63) is 39.4 Å². The van der Waals surface area contributed by atoms with Crippen molar-refractivity contribution >= 4 is 17.9 Å². The fraction of sp³-hybridized carbons (Fsp3) is 0.200. The minimum absolute atomic E-state index is 0.166. The molecular weight excluding hydrogens is 228 g/mol. The average Bonchev–Trinajstić information content (AvgIpc) is 2.34. The highest BCUT2D eigenvalue weighted by Gasteiger charge is 2.15. The number of hydrogen-bond donors (Lipinski definition) is 0. The summed E-state index contributed by atoms with van der Waals surface area (Å²) in [5.74, 6) is -0.577. The maximum atomic E-state index is 11.3. The lowest BCUT2D eigenvalue weighted by molar-refractivity contribution is -0.385. The van der Waals surface area contributed by atoms with Gasteiger partial charge in [0.1, 0.15) is 7.11 Å². The summed E-state index contributed by atoms with van der Waals surface area (Å²) in [5, 5.41) is 14.2. The van der Waals surface area contributed by atoms with Crippen LogP contribution >= 0.6 is 0 Å². The molecule has 90 valence electrons. The molecule has 0 atom stereocenters. The molecule has 1 rings (SSSR count). The van der Waals surface area contributed by atoms with E-state index in [-0.39, 0.29) is 16.8 Å². The Kier molecular flexibility index (Phi) is 4.15. The van der Waals surface area contributed by atoms with E-state index in [1.807, 2.05) is 0 Å². The molecule has 0 fully saturated rings. The van der Waals surface area contributed by atoms with E-state index in [0.717, 1.165) is 6.21 Å². The first-order valence-electron chi connectivity index (χ1n) is 4.53. The number of carbonyl (C=O) groups excluding carboxylic acids is 1. The topological polar surface area (TPSA) is 91.0 Å². The number of rotatable bonds is 4. The Morgan fingerprint density at radius 3 is 2.71 bits per heavy atom. The first-order valence-corrected chi connectivity index (χ1v) is 4.53. The summed E-state index contributed by atoms with van der Waals surface area (Å²) >= 11 is 0. The molecular formula is C10H10N2O5. The lowest BCUT2D eigenvalue weighted by Crippen LogP contribution is -2.03. The van der Waals surface area contributed by atoms with Gasteiger partial charge in [-0.2, -0.15) is 0 Å². The van der Waals surface area contributed by atoms with Crippen LogP contribution in [0.25, 0.3) is 0 Å². The minimum Gasteiger partial charge on any atom is -0.465 e. The van der Waals surface area contributed by atoms with E-state index in [2.05, 4.69) is 14.7 Å². The number of benzene rings is 1. The molecule has 7 nitrogen and oxygen atoms in total. The smallest absolute Gasteiger partial charge is 0.337 e. The number of carbonyl (C=O) groups is 1. The Morgan fingerprint density at radius 2 is 2.18 bits per heavy atom. The number of nitrogens with zero attached hydrogens (tertiary/aromatic N) is 2. The summed E-state index contributed by atoms with van der Waals surface area (Å²) in [4.78, 5) is 25.8. The van der Waals surface area contributed by atoms with Crippen molar-refractivity contribution in [2.24, 2.45) is 5.16 Å². The molecule has 0 saturated heterocycles. The zero-order chi connectivity index (χ0) is 12.8. The Balaban J connectivity index is 3.23. The number of oxime groups is 1. The molecule has 1 aromatic carbocycles. The lowest BCUT2D eigenvalue weighted by Gasteiger charge is -2.01. The molecule has 0 unspecified atom stereocenters. The summed E-state index contributed by atoms with van der Waals surface area (Å²) < 4.78 is 4.51. The third-order valence-corrected chi connectivity index (χ3v) is 1.94. The van der Waals surface area contributed by atoms with Crippen LogP contribution in [0.5, 0.6) is 0 Å². The van der Waals surface area contributed by atoms with Crippen molar-refractivity contribution in [2.75, 3.05) is 14.2 Å². The van der Waals surface area contributed by atoms with Gasteiger partial charge in [0.05, 0.1) is 29.4 Å². The van der Waals surface area contributed by atoms with Crippen molar-refractivity contribution in [3.8, 4) is 0 Å². The summed E-state index contributed by atoms with van der Waals surface area (Å²) in [6.07, 6.45) is 1.16. The van der Waals surface area contributed by atoms with Gasteiger partial charge >= 0.3 is 5.97 Å². The molecule has 0 heterocycles. The van der Waals surface area contributed by atoms with Crippen molar-refractivity contribution in [1.82, 2.24) is 0 Å². The van der Waals surface area contributed by atoms with Gasteiger partial charge in [-0.25, -0.2) is 4.79 Å². The van der Waals surface area contributed by atoms with Gasteiger partial charge in [0.25, 0.3) is 5.69 Å². The van der Waals surface area contributed by atoms with Crippen LogP contribution in [0.1, 0.15) is 15.9 Å². The van der Waals surface area contributed by atoms with Crippen LogP contribution in [0.2, 0.25) is 0 Å². The molecule has 7 heteroatoms. The fourth-order valence-corrected chi connectivity index (χ4v) is 1.18. The van der Waals surface area contributed by atoms with Crippen LogP contribution in [-0.2, 0) is 9.57 Å². The van der Waals surface area contributed by atoms with Gasteiger partial charge in [-0.3, -0.25) is 10.1 Å². The summed E-state index contributed by atoms with van der Waals surface area (Å²) in [6.45, 7) is 0. The molecule has 0 spiro atoms. The van der Waals surface area contributed by atoms with E-state index >= 15 is 0 Å². The van der Waals surface area contributed by atoms with Gasteiger partial charge in [-0.15, -0.1) is 0 Å². The Labute approximate surface area is 96.8 Å². The highest BCUT2D eigenvalue weighted by atomic mass is 16.6. The van der Waals surface area contributed by atoms with Crippen LogP contribution in [0.4, 0.5) is 5.69 Å². The van der Waals surface area contributed by atoms with Crippen molar-refractivity contribution in [1.29, 1.82) is 0 Å². The molecule has 0 saturated carbocycles. The zero-order valence-electron chi connectivity index (χ0n) is 9.25. The standard InChI is InChI=1S/C10H10N2O5/c1-16-10(13)7-3-4-9(12(14)15)8(5-7)6-11-17-2/h3-6H,1-2H3/b11-6+. The predicted molar refractivity (Wildman–Crippen MR) is 59.0 cm³/mol. The van der Waals surface area contributed by atoms with Gasteiger partial charge in [-0.1, -0.05) is 5.16 Å². The highest BCUT2D eigenvalue weighted by Crippen LogP contribution is 2.18. The number of ether oxygens (including phenoxy) is 1. The van der Waals surface area contributed by atoms with E-state index in [1.165, 1.54) is 32.4 Å². The van der Waals surface area contributed by atoms with Gasteiger partial charge in [-0.05, 0) is 12.1 Å². The number of methoxy groups -OCH3 is 1. The van der Waals surface area contributed by atoms with Crippen molar-refractivity contribution < 1.29 is 19.3 Å². The number of nitro benzene ring substituents is 1. The molecule has 17 heavy (non-hydrogen) atoms. The lowest BCUT2D eigenvalue weighted by atomic mass is 10.1.